The molecule has 0 unspecified atom stereocenters. The molecule has 0 radical (unpaired) electrons. The summed E-state index contributed by atoms with van der Waals surface area (Å²) in [5, 5.41) is 7.20. The first-order valence-electron chi connectivity index (χ1n) is 19.5. The third kappa shape index (κ3) is 4.99. The molecule has 0 aliphatic carbocycles. The maximum atomic E-state index is 6.19. The van der Waals surface area contributed by atoms with E-state index in [-0.39, 0.29) is 0 Å². The summed E-state index contributed by atoms with van der Waals surface area (Å²) in [6, 6.07) is 74.6. The van der Waals surface area contributed by atoms with Crippen LogP contribution in [0.3, 0.4) is 0 Å². The number of fused-ring (bicyclic) bond motifs is 9. The predicted molar refractivity (Wildman–Crippen MR) is 239 cm³/mol. The third-order valence-electron chi connectivity index (χ3n) is 11.7. The van der Waals surface area contributed by atoms with E-state index in [4.69, 9.17) is 4.42 Å². The zero-order chi connectivity index (χ0) is 37.5. The number of hydrogen-bond donors (Lipinski definition) is 0. The Bertz CT molecular complexity index is 3510. The summed E-state index contributed by atoms with van der Waals surface area (Å²) in [6.45, 7) is 0. The van der Waals surface area contributed by atoms with Gasteiger partial charge in [-0.05, 0) is 118 Å². The van der Waals surface area contributed by atoms with Gasteiger partial charge in [-0.1, -0.05) is 121 Å². The second-order valence-corrected chi connectivity index (χ2v) is 14.9. The minimum atomic E-state index is 0.907. The standard InChI is InChI=1S/C54H34N2O/c1-3-12-35(13-4-1)36-14-11-17-42(30-36)56-51-27-23-38(37-22-26-50-45(31-37)43-18-7-9-20-49(43)55(50)41-15-5-2-6-16-41)32-46(51)47-33-39(24-28-52(47)56)40-25-29-54-48(34-40)44-19-8-10-21-53(44)57-54/h1-34H. The highest BCUT2D eigenvalue weighted by Crippen LogP contribution is 2.41. The number of benzene rings is 9. The monoisotopic (exact) mass is 726 g/mol. The molecule has 3 heteroatoms. The molecular weight excluding hydrogens is 693 g/mol. The van der Waals surface area contributed by atoms with Crippen molar-refractivity contribution in [2.45, 2.75) is 0 Å². The van der Waals surface area contributed by atoms with Crippen LogP contribution >= 0.6 is 0 Å². The third-order valence-corrected chi connectivity index (χ3v) is 11.7. The molecular formula is C54H34N2O. The highest BCUT2D eigenvalue weighted by Gasteiger charge is 2.18. The first-order chi connectivity index (χ1) is 28.2. The van der Waals surface area contributed by atoms with Gasteiger partial charge in [-0.2, -0.15) is 0 Å². The number of rotatable bonds is 5. The quantitative estimate of drug-likeness (QED) is 0.173. The van der Waals surface area contributed by atoms with Crippen molar-refractivity contribution in [1.29, 1.82) is 0 Å². The van der Waals surface area contributed by atoms with Crippen molar-refractivity contribution >= 4 is 65.6 Å². The fourth-order valence-corrected chi connectivity index (χ4v) is 9.03. The zero-order valence-corrected chi connectivity index (χ0v) is 30.9. The van der Waals surface area contributed by atoms with E-state index in [0.717, 1.165) is 33.3 Å². The highest BCUT2D eigenvalue weighted by atomic mass is 16.3. The van der Waals surface area contributed by atoms with Gasteiger partial charge in [0.1, 0.15) is 11.2 Å². The van der Waals surface area contributed by atoms with Crippen LogP contribution in [0.2, 0.25) is 0 Å². The van der Waals surface area contributed by atoms with E-state index >= 15 is 0 Å². The molecule has 0 fully saturated rings. The van der Waals surface area contributed by atoms with Gasteiger partial charge in [0.25, 0.3) is 0 Å². The van der Waals surface area contributed by atoms with Crippen molar-refractivity contribution in [2.75, 3.05) is 0 Å². The lowest BCUT2D eigenvalue weighted by Crippen LogP contribution is -1.94. The molecule has 0 N–H and O–H groups in total. The summed E-state index contributed by atoms with van der Waals surface area (Å²) < 4.78 is 11.0. The van der Waals surface area contributed by atoms with E-state index in [9.17, 15) is 0 Å². The molecule has 0 bridgehead atoms. The minimum Gasteiger partial charge on any atom is -0.456 e. The highest BCUT2D eigenvalue weighted by molar-refractivity contribution is 6.14. The van der Waals surface area contributed by atoms with Gasteiger partial charge < -0.3 is 13.6 Å². The normalized spacial score (nSPS) is 11.9. The van der Waals surface area contributed by atoms with E-state index in [1.165, 1.54) is 77.0 Å². The zero-order valence-electron chi connectivity index (χ0n) is 30.9. The van der Waals surface area contributed by atoms with Crippen molar-refractivity contribution in [3.05, 3.63) is 206 Å². The lowest BCUT2D eigenvalue weighted by atomic mass is 9.98. The maximum Gasteiger partial charge on any atom is 0.135 e. The second-order valence-electron chi connectivity index (χ2n) is 14.9. The molecule has 3 heterocycles. The number of para-hydroxylation sites is 3. The Balaban J connectivity index is 1.07. The summed E-state index contributed by atoms with van der Waals surface area (Å²) in [7, 11) is 0. The first kappa shape index (κ1) is 31.7. The molecule has 266 valence electrons. The van der Waals surface area contributed by atoms with Gasteiger partial charge in [0.2, 0.25) is 0 Å². The van der Waals surface area contributed by atoms with Crippen LogP contribution in [0, 0.1) is 0 Å². The van der Waals surface area contributed by atoms with E-state index in [1.807, 2.05) is 12.1 Å². The molecule has 3 nitrogen and oxygen atoms in total. The first-order valence-corrected chi connectivity index (χ1v) is 19.5. The van der Waals surface area contributed by atoms with Crippen LogP contribution in [0.15, 0.2) is 211 Å². The lowest BCUT2D eigenvalue weighted by molar-refractivity contribution is 0.669. The van der Waals surface area contributed by atoms with E-state index in [1.54, 1.807) is 0 Å². The Labute approximate surface area is 328 Å². The fourth-order valence-electron chi connectivity index (χ4n) is 9.03. The predicted octanol–water partition coefficient (Wildman–Crippen LogP) is 14.8. The van der Waals surface area contributed by atoms with Gasteiger partial charge in [0.05, 0.1) is 22.1 Å². The van der Waals surface area contributed by atoms with Crippen LogP contribution in [-0.4, -0.2) is 9.13 Å². The number of hydrogen-bond acceptors (Lipinski definition) is 1. The summed E-state index contributed by atoms with van der Waals surface area (Å²) in [4.78, 5) is 0. The average molecular weight is 727 g/mol. The topological polar surface area (TPSA) is 23.0 Å². The summed E-state index contributed by atoms with van der Waals surface area (Å²) >= 11 is 0. The van der Waals surface area contributed by atoms with Crippen molar-refractivity contribution in [2.24, 2.45) is 0 Å². The Kier molecular flexibility index (Phi) is 6.93. The largest absolute Gasteiger partial charge is 0.456 e. The molecule has 0 atom stereocenters. The van der Waals surface area contributed by atoms with Crippen LogP contribution in [-0.2, 0) is 0 Å². The van der Waals surface area contributed by atoms with Crippen molar-refractivity contribution < 1.29 is 4.42 Å². The van der Waals surface area contributed by atoms with Crippen LogP contribution < -0.4 is 0 Å². The Morgan fingerprint density at radius 1 is 0.246 bits per heavy atom. The van der Waals surface area contributed by atoms with E-state index < -0.39 is 0 Å². The molecule has 12 aromatic rings. The van der Waals surface area contributed by atoms with Crippen LogP contribution in [0.4, 0.5) is 0 Å². The molecule has 0 saturated carbocycles. The fraction of sp³-hybridized carbons (Fsp3) is 0. The SMILES string of the molecule is c1ccc(-c2cccc(-n3c4ccc(-c5ccc6oc7ccccc7c6c5)cc4c4cc(-c5ccc6c(c5)c5ccccc5n6-c5ccccc5)ccc43)c2)cc1. The molecule has 3 aromatic heterocycles. The number of furan rings is 1. The van der Waals surface area contributed by atoms with Crippen molar-refractivity contribution in [3.8, 4) is 44.8 Å². The minimum absolute atomic E-state index is 0.907. The summed E-state index contributed by atoms with van der Waals surface area (Å²) in [5.74, 6) is 0. The Morgan fingerprint density at radius 3 is 1.37 bits per heavy atom. The number of aromatic nitrogens is 2. The molecule has 0 aliphatic heterocycles. The summed E-state index contributed by atoms with van der Waals surface area (Å²) in [6.07, 6.45) is 0. The van der Waals surface area contributed by atoms with Crippen molar-refractivity contribution in [1.82, 2.24) is 9.13 Å². The maximum absolute atomic E-state index is 6.19. The van der Waals surface area contributed by atoms with Crippen molar-refractivity contribution in [3.63, 3.8) is 0 Å². The molecule has 57 heavy (non-hydrogen) atoms. The van der Waals surface area contributed by atoms with Gasteiger partial charge in [0, 0.05) is 43.7 Å². The molecule has 0 amide bonds. The van der Waals surface area contributed by atoms with Gasteiger partial charge in [-0.3, -0.25) is 0 Å². The average Bonchev–Trinajstić information content (AvgIpc) is 3.93. The molecule has 0 saturated heterocycles. The summed E-state index contributed by atoms with van der Waals surface area (Å²) in [5.41, 5.74) is 16.0. The van der Waals surface area contributed by atoms with Crippen LogP contribution in [0.5, 0.6) is 0 Å². The smallest absolute Gasteiger partial charge is 0.135 e. The Hall–Kier alpha value is -7.62. The van der Waals surface area contributed by atoms with Crippen LogP contribution in [0.1, 0.15) is 0 Å². The molecule has 12 rings (SSSR count). The lowest BCUT2D eigenvalue weighted by Gasteiger charge is -2.11. The van der Waals surface area contributed by atoms with Gasteiger partial charge >= 0.3 is 0 Å². The molecule has 9 aromatic carbocycles. The van der Waals surface area contributed by atoms with E-state index in [0.29, 0.717) is 0 Å². The number of nitrogens with zero attached hydrogens (tertiary/aromatic N) is 2. The second kappa shape index (κ2) is 12.5. The Morgan fingerprint density at radius 2 is 0.684 bits per heavy atom. The van der Waals surface area contributed by atoms with Gasteiger partial charge in [-0.25, -0.2) is 0 Å². The molecule has 0 aliphatic rings. The van der Waals surface area contributed by atoms with Gasteiger partial charge in [-0.15, -0.1) is 0 Å². The van der Waals surface area contributed by atoms with E-state index in [2.05, 4.69) is 203 Å². The van der Waals surface area contributed by atoms with Gasteiger partial charge in [0.15, 0.2) is 0 Å². The molecule has 0 spiro atoms. The van der Waals surface area contributed by atoms with Crippen LogP contribution in [0.25, 0.3) is 110 Å².